The van der Waals surface area contributed by atoms with Crippen molar-refractivity contribution in [2.75, 3.05) is 17.8 Å². The Balaban J connectivity index is 1.90. The lowest BCUT2D eigenvalue weighted by atomic mass is 9.80. The Bertz CT molecular complexity index is 462. The first kappa shape index (κ1) is 16.1. The molecule has 2 rings (SSSR count). The van der Waals surface area contributed by atoms with E-state index < -0.39 is 15.4 Å². The number of hydrogen-bond donors (Lipinski definition) is 2. The number of carbonyl (C=O) groups is 1. The van der Waals surface area contributed by atoms with Crippen LogP contribution in [0.2, 0.25) is 0 Å². The smallest absolute Gasteiger partial charge is 0.237 e. The summed E-state index contributed by atoms with van der Waals surface area (Å²) in [6.45, 7) is 0. The summed E-state index contributed by atoms with van der Waals surface area (Å²) < 4.78 is 22.3. The Morgan fingerprint density at radius 1 is 1.40 bits per heavy atom. The largest absolute Gasteiger partial charge is 0.368 e. The lowest BCUT2D eigenvalue weighted by Crippen LogP contribution is -2.59. The first-order chi connectivity index (χ1) is 9.31. The average molecular weight is 320 g/mol. The molecule has 2 fully saturated rings. The fourth-order valence-electron chi connectivity index (χ4n) is 2.78. The van der Waals surface area contributed by atoms with Gasteiger partial charge in [-0.05, 0) is 38.5 Å². The van der Waals surface area contributed by atoms with Gasteiger partial charge in [0.25, 0.3) is 0 Å². The van der Waals surface area contributed by atoms with Crippen LogP contribution in [0.25, 0.3) is 0 Å². The molecule has 2 aliphatic rings. The number of nitrogens with one attached hydrogen (secondary N) is 1. The standard InChI is InChI=1S/C13H24N2O3S2/c1-20(17,18)8-7-19-11-3-2-6-13(9-11,12(14)16)15-10-4-5-10/h10-11,15H,2-9H2,1H3,(H2,14,16). The molecule has 2 atom stereocenters. The van der Waals surface area contributed by atoms with Gasteiger partial charge in [0.05, 0.1) is 11.3 Å². The minimum atomic E-state index is -2.91. The number of carbonyl (C=O) groups excluding carboxylic acids is 1. The topological polar surface area (TPSA) is 89.3 Å². The van der Waals surface area contributed by atoms with Gasteiger partial charge in [-0.3, -0.25) is 4.79 Å². The van der Waals surface area contributed by atoms with Gasteiger partial charge in [-0.15, -0.1) is 0 Å². The third kappa shape index (κ3) is 4.63. The fraction of sp³-hybridized carbons (Fsp3) is 0.923. The highest BCUT2D eigenvalue weighted by atomic mass is 32.2. The molecule has 0 saturated heterocycles. The maximum Gasteiger partial charge on any atom is 0.237 e. The van der Waals surface area contributed by atoms with Crippen LogP contribution in [-0.4, -0.2) is 48.9 Å². The van der Waals surface area contributed by atoms with Crippen LogP contribution in [0.3, 0.4) is 0 Å². The van der Waals surface area contributed by atoms with Crippen LogP contribution >= 0.6 is 11.8 Å². The van der Waals surface area contributed by atoms with Crippen LogP contribution in [0.15, 0.2) is 0 Å². The van der Waals surface area contributed by atoms with Crippen molar-refractivity contribution in [3.8, 4) is 0 Å². The molecule has 2 aliphatic carbocycles. The Hall–Kier alpha value is -0.270. The molecule has 2 saturated carbocycles. The van der Waals surface area contributed by atoms with E-state index in [2.05, 4.69) is 5.32 Å². The van der Waals surface area contributed by atoms with Crippen molar-refractivity contribution in [1.29, 1.82) is 0 Å². The highest BCUT2D eigenvalue weighted by Crippen LogP contribution is 2.37. The summed E-state index contributed by atoms with van der Waals surface area (Å²) in [5.74, 6) is 0.549. The van der Waals surface area contributed by atoms with E-state index in [-0.39, 0.29) is 11.7 Å². The lowest BCUT2D eigenvalue weighted by molar-refractivity contribution is -0.125. The number of hydrogen-bond acceptors (Lipinski definition) is 5. The minimum absolute atomic E-state index is 0.202. The molecule has 5 nitrogen and oxygen atoms in total. The van der Waals surface area contributed by atoms with E-state index in [1.165, 1.54) is 6.26 Å². The third-order valence-electron chi connectivity index (χ3n) is 4.04. The van der Waals surface area contributed by atoms with Crippen molar-refractivity contribution < 1.29 is 13.2 Å². The highest BCUT2D eigenvalue weighted by molar-refractivity contribution is 8.01. The minimum Gasteiger partial charge on any atom is -0.368 e. The van der Waals surface area contributed by atoms with E-state index in [4.69, 9.17) is 5.73 Å². The van der Waals surface area contributed by atoms with Crippen molar-refractivity contribution >= 4 is 27.5 Å². The number of nitrogens with two attached hydrogens (primary N) is 1. The first-order valence-electron chi connectivity index (χ1n) is 7.18. The molecule has 3 N–H and O–H groups in total. The zero-order valence-corrected chi connectivity index (χ0v) is 13.6. The van der Waals surface area contributed by atoms with Crippen molar-refractivity contribution in [2.24, 2.45) is 5.73 Å². The van der Waals surface area contributed by atoms with Crippen molar-refractivity contribution in [3.63, 3.8) is 0 Å². The summed E-state index contributed by atoms with van der Waals surface area (Å²) in [5.41, 5.74) is 5.06. The van der Waals surface area contributed by atoms with Gasteiger partial charge < -0.3 is 11.1 Å². The van der Waals surface area contributed by atoms with Crippen molar-refractivity contribution in [2.45, 2.75) is 55.4 Å². The van der Waals surface area contributed by atoms with Gasteiger partial charge in [0.15, 0.2) is 0 Å². The molecule has 0 aromatic rings. The normalized spacial score (nSPS) is 31.1. The average Bonchev–Trinajstić information content (AvgIpc) is 3.11. The molecular weight excluding hydrogens is 296 g/mol. The summed E-state index contributed by atoms with van der Waals surface area (Å²) in [6, 6.07) is 0.447. The molecule has 116 valence electrons. The van der Waals surface area contributed by atoms with E-state index >= 15 is 0 Å². The molecule has 0 aromatic carbocycles. The molecule has 0 aromatic heterocycles. The molecule has 0 bridgehead atoms. The van der Waals surface area contributed by atoms with E-state index in [0.717, 1.165) is 38.5 Å². The fourth-order valence-corrected chi connectivity index (χ4v) is 5.44. The van der Waals surface area contributed by atoms with Crippen LogP contribution < -0.4 is 11.1 Å². The number of sulfone groups is 1. The van der Waals surface area contributed by atoms with Crippen LogP contribution in [0.4, 0.5) is 0 Å². The maximum atomic E-state index is 11.9. The SMILES string of the molecule is CS(=O)(=O)CCSC1CCCC(NC2CC2)(C(N)=O)C1. The third-order valence-corrected chi connectivity index (χ3v) is 6.56. The Morgan fingerprint density at radius 3 is 2.65 bits per heavy atom. The summed E-state index contributed by atoms with van der Waals surface area (Å²) in [7, 11) is -2.91. The van der Waals surface area contributed by atoms with E-state index in [9.17, 15) is 13.2 Å². The second-order valence-electron chi connectivity index (χ2n) is 6.08. The van der Waals surface area contributed by atoms with E-state index in [0.29, 0.717) is 17.0 Å². The molecule has 0 heterocycles. The van der Waals surface area contributed by atoms with Crippen molar-refractivity contribution in [1.82, 2.24) is 5.32 Å². The zero-order chi connectivity index (χ0) is 14.8. The Kier molecular flexibility index (Phi) is 5.02. The second-order valence-corrected chi connectivity index (χ2v) is 9.75. The number of thioether (sulfide) groups is 1. The summed E-state index contributed by atoms with van der Waals surface area (Å²) in [6.07, 6.45) is 7.06. The molecular formula is C13H24N2O3S2. The Labute approximate surface area is 125 Å². The van der Waals surface area contributed by atoms with E-state index in [1.54, 1.807) is 11.8 Å². The van der Waals surface area contributed by atoms with Crippen LogP contribution in [0, 0.1) is 0 Å². The summed E-state index contributed by atoms with van der Waals surface area (Å²) in [5, 5.41) is 3.76. The summed E-state index contributed by atoms with van der Waals surface area (Å²) >= 11 is 1.66. The molecule has 0 radical (unpaired) electrons. The van der Waals surface area contributed by atoms with Gasteiger partial charge in [-0.1, -0.05) is 0 Å². The molecule has 7 heteroatoms. The maximum absolute atomic E-state index is 11.9. The van der Waals surface area contributed by atoms with Crippen LogP contribution in [0.1, 0.15) is 38.5 Å². The molecule has 0 aliphatic heterocycles. The number of rotatable bonds is 7. The van der Waals surface area contributed by atoms with Gasteiger partial charge in [0.2, 0.25) is 5.91 Å². The number of amides is 1. The molecule has 0 spiro atoms. The van der Waals surface area contributed by atoms with Crippen LogP contribution in [0.5, 0.6) is 0 Å². The highest BCUT2D eigenvalue weighted by Gasteiger charge is 2.44. The van der Waals surface area contributed by atoms with Gasteiger partial charge in [-0.2, -0.15) is 11.8 Å². The van der Waals surface area contributed by atoms with E-state index in [1.807, 2.05) is 0 Å². The molecule has 20 heavy (non-hydrogen) atoms. The lowest BCUT2D eigenvalue weighted by Gasteiger charge is -2.39. The van der Waals surface area contributed by atoms with Gasteiger partial charge >= 0.3 is 0 Å². The quantitative estimate of drug-likeness (QED) is 0.720. The Morgan fingerprint density at radius 2 is 2.10 bits per heavy atom. The zero-order valence-electron chi connectivity index (χ0n) is 11.9. The second kappa shape index (κ2) is 6.23. The van der Waals surface area contributed by atoms with Gasteiger partial charge in [0.1, 0.15) is 9.84 Å². The van der Waals surface area contributed by atoms with Crippen LogP contribution in [-0.2, 0) is 14.6 Å². The summed E-state index contributed by atoms with van der Waals surface area (Å²) in [4.78, 5) is 11.9. The predicted molar refractivity (Wildman–Crippen MR) is 82.5 cm³/mol. The predicted octanol–water partition coefficient (Wildman–Crippen LogP) is 0.683. The van der Waals surface area contributed by atoms with Gasteiger partial charge in [0, 0.05) is 23.3 Å². The monoisotopic (exact) mass is 320 g/mol. The van der Waals surface area contributed by atoms with Crippen molar-refractivity contribution in [3.05, 3.63) is 0 Å². The molecule has 2 unspecified atom stereocenters. The number of primary amides is 1. The van der Waals surface area contributed by atoms with Gasteiger partial charge in [-0.25, -0.2) is 8.42 Å². The first-order valence-corrected chi connectivity index (χ1v) is 10.3. The molecule has 1 amide bonds.